The highest BCUT2D eigenvalue weighted by Crippen LogP contribution is 2.22. The number of halogens is 2. The summed E-state index contributed by atoms with van der Waals surface area (Å²) in [5.74, 6) is -0.295. The van der Waals surface area contributed by atoms with Crippen LogP contribution in [0.3, 0.4) is 0 Å². The molecule has 1 aliphatic rings. The predicted octanol–water partition coefficient (Wildman–Crippen LogP) is 4.63. The van der Waals surface area contributed by atoms with E-state index in [1.807, 2.05) is 0 Å². The third-order valence-electron chi connectivity index (χ3n) is 4.99. The third kappa shape index (κ3) is 6.19. The smallest absolute Gasteiger partial charge is 0.243 e. The first-order chi connectivity index (χ1) is 13.8. The first-order valence-corrected chi connectivity index (χ1v) is 11.8. The van der Waals surface area contributed by atoms with Crippen LogP contribution >= 0.6 is 23.2 Å². The molecule has 1 fully saturated rings. The predicted molar refractivity (Wildman–Crippen MR) is 116 cm³/mol. The highest BCUT2D eigenvalue weighted by Gasteiger charge is 2.28. The SMILES string of the molecule is O=C(CN(Cc1cccc(Cl)c1)S(=O)(=O)c1ccc(Cl)cc1)NC1CCCCC1. The molecule has 0 spiro atoms. The molecule has 29 heavy (non-hydrogen) atoms. The zero-order chi connectivity index (χ0) is 20.9. The molecule has 156 valence electrons. The van der Waals surface area contributed by atoms with Gasteiger partial charge in [0, 0.05) is 22.6 Å². The molecule has 0 saturated heterocycles. The zero-order valence-electron chi connectivity index (χ0n) is 16.0. The third-order valence-corrected chi connectivity index (χ3v) is 7.28. The molecule has 3 rings (SSSR count). The van der Waals surface area contributed by atoms with Crippen molar-refractivity contribution >= 4 is 39.1 Å². The van der Waals surface area contributed by atoms with Crippen molar-refractivity contribution in [2.75, 3.05) is 6.54 Å². The summed E-state index contributed by atoms with van der Waals surface area (Å²) in [4.78, 5) is 12.7. The molecule has 0 atom stereocenters. The number of benzene rings is 2. The van der Waals surface area contributed by atoms with Crippen LogP contribution in [0.4, 0.5) is 0 Å². The minimum Gasteiger partial charge on any atom is -0.352 e. The van der Waals surface area contributed by atoms with Crippen molar-refractivity contribution in [3.63, 3.8) is 0 Å². The number of amides is 1. The Balaban J connectivity index is 1.82. The van der Waals surface area contributed by atoms with E-state index in [1.165, 1.54) is 35.0 Å². The second kappa shape index (κ2) is 9.94. The Morgan fingerprint density at radius 2 is 1.69 bits per heavy atom. The Morgan fingerprint density at radius 3 is 2.34 bits per heavy atom. The van der Waals surface area contributed by atoms with Gasteiger partial charge in [0.2, 0.25) is 15.9 Å². The number of carbonyl (C=O) groups excluding carboxylic acids is 1. The second-order valence-corrected chi connectivity index (χ2v) is 10.1. The Hall–Kier alpha value is -1.60. The highest BCUT2D eigenvalue weighted by atomic mass is 35.5. The van der Waals surface area contributed by atoms with Crippen LogP contribution < -0.4 is 5.32 Å². The monoisotopic (exact) mass is 454 g/mol. The lowest BCUT2D eigenvalue weighted by Gasteiger charge is -2.26. The molecule has 1 saturated carbocycles. The van der Waals surface area contributed by atoms with Gasteiger partial charge in [0.1, 0.15) is 0 Å². The van der Waals surface area contributed by atoms with Crippen LogP contribution in [0.5, 0.6) is 0 Å². The molecule has 0 bridgehead atoms. The van der Waals surface area contributed by atoms with Crippen LogP contribution in [0.15, 0.2) is 53.4 Å². The van der Waals surface area contributed by atoms with Gasteiger partial charge in [0.25, 0.3) is 0 Å². The van der Waals surface area contributed by atoms with E-state index in [1.54, 1.807) is 24.3 Å². The molecule has 1 aliphatic carbocycles. The van der Waals surface area contributed by atoms with E-state index in [4.69, 9.17) is 23.2 Å². The lowest BCUT2D eigenvalue weighted by atomic mass is 9.95. The van der Waals surface area contributed by atoms with Gasteiger partial charge in [-0.3, -0.25) is 4.79 Å². The van der Waals surface area contributed by atoms with E-state index in [0.717, 1.165) is 25.7 Å². The number of hydrogen-bond acceptors (Lipinski definition) is 3. The average Bonchev–Trinajstić information content (AvgIpc) is 2.68. The van der Waals surface area contributed by atoms with Crippen molar-refractivity contribution in [2.24, 2.45) is 0 Å². The minimum absolute atomic E-state index is 0.0452. The minimum atomic E-state index is -3.89. The maximum atomic E-state index is 13.2. The molecular formula is C21H24Cl2N2O3S. The molecule has 5 nitrogen and oxygen atoms in total. The van der Waals surface area contributed by atoms with Crippen molar-refractivity contribution in [3.05, 3.63) is 64.1 Å². The molecule has 1 amide bonds. The fourth-order valence-electron chi connectivity index (χ4n) is 3.50. The second-order valence-electron chi connectivity index (χ2n) is 7.26. The standard InChI is InChI=1S/C21H24Cl2N2O3S/c22-17-9-11-20(12-10-17)29(27,28)25(14-16-5-4-6-18(23)13-16)15-21(26)24-19-7-2-1-3-8-19/h4-6,9-13,19H,1-3,7-8,14-15H2,(H,24,26). The summed E-state index contributed by atoms with van der Waals surface area (Å²) < 4.78 is 27.6. The molecule has 0 aliphatic heterocycles. The normalized spacial score (nSPS) is 15.4. The van der Waals surface area contributed by atoms with Gasteiger partial charge in [-0.1, -0.05) is 54.6 Å². The first kappa shape index (κ1) is 22.1. The van der Waals surface area contributed by atoms with E-state index < -0.39 is 10.0 Å². The van der Waals surface area contributed by atoms with Crippen LogP contribution in [-0.4, -0.2) is 31.2 Å². The summed E-state index contributed by atoms with van der Waals surface area (Å²) in [5.41, 5.74) is 0.709. The van der Waals surface area contributed by atoms with E-state index in [9.17, 15) is 13.2 Å². The number of hydrogen-bond donors (Lipinski definition) is 1. The van der Waals surface area contributed by atoms with E-state index in [0.29, 0.717) is 15.6 Å². The van der Waals surface area contributed by atoms with Crippen LogP contribution in [0.1, 0.15) is 37.7 Å². The van der Waals surface area contributed by atoms with Crippen LogP contribution in [0, 0.1) is 0 Å². The van der Waals surface area contributed by atoms with Gasteiger partial charge in [-0.05, 0) is 54.8 Å². The number of sulfonamides is 1. The Labute approximate surface area is 182 Å². The molecule has 0 aromatic heterocycles. The number of nitrogens with zero attached hydrogens (tertiary/aromatic N) is 1. The summed E-state index contributed by atoms with van der Waals surface area (Å²) in [6.45, 7) is -0.211. The van der Waals surface area contributed by atoms with E-state index in [2.05, 4.69) is 5.32 Å². The van der Waals surface area contributed by atoms with Crippen molar-refractivity contribution in [1.82, 2.24) is 9.62 Å². The van der Waals surface area contributed by atoms with Crippen molar-refractivity contribution in [3.8, 4) is 0 Å². The zero-order valence-corrected chi connectivity index (χ0v) is 18.3. The molecular weight excluding hydrogens is 431 g/mol. The summed E-state index contributed by atoms with van der Waals surface area (Å²) in [5, 5.41) is 3.94. The largest absolute Gasteiger partial charge is 0.352 e. The van der Waals surface area contributed by atoms with Gasteiger partial charge >= 0.3 is 0 Å². The maximum absolute atomic E-state index is 13.2. The molecule has 8 heteroatoms. The van der Waals surface area contributed by atoms with E-state index in [-0.39, 0.29) is 29.9 Å². The number of carbonyl (C=O) groups is 1. The molecule has 2 aromatic rings. The molecule has 0 heterocycles. The maximum Gasteiger partial charge on any atom is 0.243 e. The average molecular weight is 455 g/mol. The lowest BCUT2D eigenvalue weighted by Crippen LogP contribution is -2.44. The molecule has 0 unspecified atom stereocenters. The van der Waals surface area contributed by atoms with Crippen molar-refractivity contribution in [2.45, 2.75) is 49.6 Å². The highest BCUT2D eigenvalue weighted by molar-refractivity contribution is 7.89. The van der Waals surface area contributed by atoms with Crippen LogP contribution in [-0.2, 0) is 21.4 Å². The number of nitrogens with one attached hydrogen (secondary N) is 1. The summed E-state index contributed by atoms with van der Waals surface area (Å²) in [7, 11) is -3.89. The van der Waals surface area contributed by atoms with Crippen molar-refractivity contribution < 1.29 is 13.2 Å². The summed E-state index contributed by atoms with van der Waals surface area (Å²) in [6, 6.07) is 13.0. The summed E-state index contributed by atoms with van der Waals surface area (Å²) >= 11 is 11.9. The molecule has 0 radical (unpaired) electrons. The van der Waals surface area contributed by atoms with Crippen molar-refractivity contribution in [1.29, 1.82) is 0 Å². The lowest BCUT2D eigenvalue weighted by molar-refractivity contribution is -0.122. The summed E-state index contributed by atoms with van der Waals surface area (Å²) in [6.07, 6.45) is 5.21. The van der Waals surface area contributed by atoms with Crippen LogP contribution in [0.25, 0.3) is 0 Å². The van der Waals surface area contributed by atoms with E-state index >= 15 is 0 Å². The Morgan fingerprint density at radius 1 is 1.00 bits per heavy atom. The van der Waals surface area contributed by atoms with Crippen LogP contribution in [0.2, 0.25) is 10.0 Å². The topological polar surface area (TPSA) is 66.5 Å². The van der Waals surface area contributed by atoms with Gasteiger partial charge in [-0.2, -0.15) is 4.31 Å². The van der Waals surface area contributed by atoms with Gasteiger partial charge in [0.15, 0.2) is 0 Å². The fourth-order valence-corrected chi connectivity index (χ4v) is 5.22. The molecule has 2 aromatic carbocycles. The first-order valence-electron chi connectivity index (χ1n) is 9.64. The van der Waals surface area contributed by atoms with Gasteiger partial charge in [0.05, 0.1) is 11.4 Å². The quantitative estimate of drug-likeness (QED) is 0.662. The Kier molecular flexibility index (Phi) is 7.57. The van der Waals surface area contributed by atoms with Gasteiger partial charge in [-0.15, -0.1) is 0 Å². The van der Waals surface area contributed by atoms with Gasteiger partial charge in [-0.25, -0.2) is 8.42 Å². The van der Waals surface area contributed by atoms with Gasteiger partial charge < -0.3 is 5.32 Å². The number of rotatable bonds is 7. The molecule has 1 N–H and O–H groups in total. The fraction of sp³-hybridized carbons (Fsp3) is 0.381. The Bertz CT molecular complexity index is 943.